The SMILES string of the molecule is COP(=O)(OC)[C@@H](O)/C=C(\C)CC/C=C(\C)CCC=C(C)C. The van der Waals surface area contributed by atoms with E-state index in [1.807, 2.05) is 6.92 Å². The zero-order valence-corrected chi connectivity index (χ0v) is 15.7. The van der Waals surface area contributed by atoms with E-state index in [9.17, 15) is 9.67 Å². The molecule has 0 bridgehead atoms. The number of allylic oxidation sites excluding steroid dienone is 5. The van der Waals surface area contributed by atoms with Gasteiger partial charge >= 0.3 is 7.60 Å². The first kappa shape index (κ1) is 21.3. The molecule has 0 fully saturated rings. The van der Waals surface area contributed by atoms with Gasteiger partial charge in [0.05, 0.1) is 0 Å². The molecule has 0 aliphatic rings. The molecule has 5 heteroatoms. The summed E-state index contributed by atoms with van der Waals surface area (Å²) < 4.78 is 21.5. The van der Waals surface area contributed by atoms with Gasteiger partial charge in [0.15, 0.2) is 5.85 Å². The van der Waals surface area contributed by atoms with Gasteiger partial charge in [-0.05, 0) is 59.5 Å². The predicted molar refractivity (Wildman–Crippen MR) is 93.0 cm³/mol. The molecule has 1 N–H and O–H groups in total. The first-order chi connectivity index (χ1) is 10.2. The summed E-state index contributed by atoms with van der Waals surface area (Å²) in [6.45, 7) is 8.26. The van der Waals surface area contributed by atoms with E-state index in [1.54, 1.807) is 6.08 Å². The Bertz CT molecular complexity index is 451. The van der Waals surface area contributed by atoms with Crippen molar-refractivity contribution < 1.29 is 18.7 Å². The van der Waals surface area contributed by atoms with E-state index in [0.29, 0.717) is 0 Å². The van der Waals surface area contributed by atoms with Crippen molar-refractivity contribution in [2.24, 2.45) is 0 Å². The normalized spacial score (nSPS) is 14.9. The average molecular weight is 330 g/mol. The van der Waals surface area contributed by atoms with E-state index in [4.69, 9.17) is 9.05 Å². The predicted octanol–water partition coefficient (Wildman–Crippen LogP) is 5.21. The van der Waals surface area contributed by atoms with Crippen molar-refractivity contribution >= 4 is 7.60 Å². The Labute approximate surface area is 135 Å². The Morgan fingerprint density at radius 3 is 2.00 bits per heavy atom. The van der Waals surface area contributed by atoms with E-state index in [0.717, 1.165) is 31.3 Å². The van der Waals surface area contributed by atoms with Crippen molar-refractivity contribution in [2.75, 3.05) is 14.2 Å². The second-order valence-corrected chi connectivity index (χ2v) is 8.08. The van der Waals surface area contributed by atoms with Crippen LogP contribution in [0.4, 0.5) is 0 Å². The fourth-order valence-corrected chi connectivity index (χ4v) is 2.97. The first-order valence-corrected chi connectivity index (χ1v) is 9.22. The van der Waals surface area contributed by atoms with E-state index < -0.39 is 13.4 Å². The highest BCUT2D eigenvalue weighted by Gasteiger charge is 2.30. The van der Waals surface area contributed by atoms with Crippen molar-refractivity contribution in [2.45, 2.75) is 59.2 Å². The van der Waals surface area contributed by atoms with Gasteiger partial charge in [0, 0.05) is 14.2 Å². The van der Waals surface area contributed by atoms with Crippen molar-refractivity contribution in [3.8, 4) is 0 Å². The number of hydrogen-bond acceptors (Lipinski definition) is 4. The second kappa shape index (κ2) is 11.0. The topological polar surface area (TPSA) is 55.8 Å². The summed E-state index contributed by atoms with van der Waals surface area (Å²) in [6, 6.07) is 0. The lowest BCUT2D eigenvalue weighted by atomic mass is 10.1. The number of aliphatic hydroxyl groups is 1. The lowest BCUT2D eigenvalue weighted by molar-refractivity contribution is 0.200. The molecule has 22 heavy (non-hydrogen) atoms. The van der Waals surface area contributed by atoms with Crippen LogP contribution in [-0.4, -0.2) is 25.2 Å². The lowest BCUT2D eigenvalue weighted by Gasteiger charge is -2.17. The Morgan fingerprint density at radius 1 is 1.00 bits per heavy atom. The van der Waals surface area contributed by atoms with E-state index in [1.165, 1.54) is 25.4 Å². The molecule has 0 aromatic carbocycles. The molecule has 0 spiro atoms. The van der Waals surface area contributed by atoms with Gasteiger partial charge in [-0.15, -0.1) is 0 Å². The van der Waals surface area contributed by atoms with Gasteiger partial charge in [0.25, 0.3) is 0 Å². The summed E-state index contributed by atoms with van der Waals surface area (Å²) in [5.41, 5.74) is 3.68. The minimum absolute atomic E-state index is 0.810. The van der Waals surface area contributed by atoms with Crippen LogP contribution in [0.25, 0.3) is 0 Å². The zero-order chi connectivity index (χ0) is 17.2. The van der Waals surface area contributed by atoms with Crippen LogP contribution in [0.15, 0.2) is 34.9 Å². The maximum atomic E-state index is 12.0. The van der Waals surface area contributed by atoms with Gasteiger partial charge in [0.1, 0.15) is 0 Å². The summed E-state index contributed by atoms with van der Waals surface area (Å²) in [6.07, 6.45) is 9.87. The maximum Gasteiger partial charge on any atom is 0.362 e. The third kappa shape index (κ3) is 8.70. The highest BCUT2D eigenvalue weighted by molar-refractivity contribution is 7.54. The van der Waals surface area contributed by atoms with Crippen LogP contribution >= 0.6 is 7.60 Å². The third-order valence-electron chi connectivity index (χ3n) is 3.39. The Kier molecular flexibility index (Phi) is 10.6. The van der Waals surface area contributed by atoms with E-state index >= 15 is 0 Å². The Hall–Kier alpha value is -0.670. The van der Waals surface area contributed by atoms with Crippen molar-refractivity contribution in [1.29, 1.82) is 0 Å². The molecule has 0 unspecified atom stereocenters. The fraction of sp³-hybridized carbons (Fsp3) is 0.647. The molecule has 0 saturated heterocycles. The van der Waals surface area contributed by atoms with Gasteiger partial charge < -0.3 is 14.2 Å². The second-order valence-electron chi connectivity index (χ2n) is 5.74. The fourth-order valence-electron chi connectivity index (χ4n) is 1.96. The van der Waals surface area contributed by atoms with E-state index in [2.05, 4.69) is 32.9 Å². The smallest absolute Gasteiger partial charge is 0.362 e. The molecule has 0 aliphatic heterocycles. The van der Waals surface area contributed by atoms with Gasteiger partial charge in [-0.3, -0.25) is 4.57 Å². The summed E-state index contributed by atoms with van der Waals surface area (Å²) >= 11 is 0. The van der Waals surface area contributed by atoms with Gasteiger partial charge in [0.2, 0.25) is 0 Å². The molecular weight excluding hydrogens is 299 g/mol. The first-order valence-electron chi connectivity index (χ1n) is 7.60. The molecule has 0 saturated carbocycles. The molecule has 0 radical (unpaired) electrons. The van der Waals surface area contributed by atoms with Crippen LogP contribution in [0.5, 0.6) is 0 Å². The zero-order valence-electron chi connectivity index (χ0n) is 14.8. The Morgan fingerprint density at radius 2 is 1.50 bits per heavy atom. The van der Waals surface area contributed by atoms with Crippen molar-refractivity contribution in [1.82, 2.24) is 0 Å². The summed E-state index contributed by atoms with van der Waals surface area (Å²) in [4.78, 5) is 0. The van der Waals surface area contributed by atoms with E-state index in [-0.39, 0.29) is 0 Å². The van der Waals surface area contributed by atoms with Crippen LogP contribution < -0.4 is 0 Å². The highest BCUT2D eigenvalue weighted by atomic mass is 31.2. The van der Waals surface area contributed by atoms with Crippen LogP contribution in [0, 0.1) is 0 Å². The molecule has 0 heterocycles. The van der Waals surface area contributed by atoms with Gasteiger partial charge in [-0.2, -0.15) is 0 Å². The molecular formula is C17H31O4P. The number of aliphatic hydroxyl groups excluding tert-OH is 1. The summed E-state index contributed by atoms with van der Waals surface area (Å²) in [5.74, 6) is -1.22. The monoisotopic (exact) mass is 330 g/mol. The van der Waals surface area contributed by atoms with Crippen molar-refractivity contribution in [3.63, 3.8) is 0 Å². The van der Waals surface area contributed by atoms with Gasteiger partial charge in [-0.25, -0.2) is 0 Å². The Balaban J connectivity index is 4.38. The van der Waals surface area contributed by atoms with Crippen LogP contribution in [0.2, 0.25) is 0 Å². The van der Waals surface area contributed by atoms with Crippen LogP contribution in [0.3, 0.4) is 0 Å². The summed E-state index contributed by atoms with van der Waals surface area (Å²) in [7, 11) is -0.898. The van der Waals surface area contributed by atoms with Crippen molar-refractivity contribution in [3.05, 3.63) is 34.9 Å². The lowest BCUT2D eigenvalue weighted by Crippen LogP contribution is -2.07. The number of rotatable bonds is 10. The quantitative estimate of drug-likeness (QED) is 0.441. The largest absolute Gasteiger partial charge is 0.377 e. The number of hydrogen-bond donors (Lipinski definition) is 1. The molecule has 0 rings (SSSR count). The van der Waals surface area contributed by atoms with Crippen LogP contribution in [0.1, 0.15) is 53.4 Å². The molecule has 0 aliphatic carbocycles. The third-order valence-corrected chi connectivity index (χ3v) is 5.20. The minimum atomic E-state index is -3.44. The molecule has 4 nitrogen and oxygen atoms in total. The highest BCUT2D eigenvalue weighted by Crippen LogP contribution is 2.51. The minimum Gasteiger partial charge on any atom is -0.377 e. The maximum absolute atomic E-state index is 12.0. The summed E-state index contributed by atoms with van der Waals surface area (Å²) in [5, 5.41) is 9.90. The van der Waals surface area contributed by atoms with Crippen LogP contribution in [-0.2, 0) is 13.6 Å². The molecule has 1 atom stereocenters. The molecule has 0 amide bonds. The standard InChI is InChI=1S/C17H31O4P/c1-14(2)9-7-10-15(3)11-8-12-16(4)13-17(18)22(19,20-5)21-6/h9,11,13,17-18H,7-8,10,12H2,1-6H3/b15-11+,16-13+/t17-/m1/s1. The van der Waals surface area contributed by atoms with Gasteiger partial charge in [-0.1, -0.05) is 28.9 Å². The molecule has 128 valence electrons. The molecule has 0 aromatic heterocycles. The average Bonchev–Trinajstić information content (AvgIpc) is 2.45. The molecule has 0 aromatic rings.